The van der Waals surface area contributed by atoms with Crippen molar-refractivity contribution in [3.63, 3.8) is 0 Å². The molecule has 13 heavy (non-hydrogen) atoms. The highest BCUT2D eigenvalue weighted by Crippen LogP contribution is 1.94. The molecule has 0 bridgehead atoms. The number of Topliss-reactive ketones (excluding diaryl/α,β-unsaturated/α-hetero) is 2. The molecule has 0 aliphatic rings. The number of carbonyl (C=O) groups is 3. The second kappa shape index (κ2) is 6.11. The zero-order valence-electron chi connectivity index (χ0n) is 7.54. The summed E-state index contributed by atoms with van der Waals surface area (Å²) in [5.41, 5.74) is 0. The second-order valence-electron chi connectivity index (χ2n) is 2.30. The van der Waals surface area contributed by atoms with Crippen LogP contribution in [0.15, 0.2) is 12.7 Å². The molecule has 72 valence electrons. The van der Waals surface area contributed by atoms with Gasteiger partial charge < -0.3 is 4.74 Å². The zero-order valence-corrected chi connectivity index (χ0v) is 7.54. The topological polar surface area (TPSA) is 60.4 Å². The van der Waals surface area contributed by atoms with Crippen LogP contribution in [-0.2, 0) is 19.1 Å². The Bertz CT molecular complexity index is 230. The number of allylic oxidation sites excluding steroid dienone is 1. The molecule has 0 amide bonds. The molecule has 0 aromatic heterocycles. The summed E-state index contributed by atoms with van der Waals surface area (Å²) in [4.78, 5) is 32.5. The van der Waals surface area contributed by atoms with E-state index in [1.54, 1.807) is 6.92 Å². The summed E-state index contributed by atoms with van der Waals surface area (Å²) < 4.78 is 4.37. The van der Waals surface area contributed by atoms with Crippen molar-refractivity contribution >= 4 is 17.5 Å². The Morgan fingerprint density at radius 3 is 2.46 bits per heavy atom. The van der Waals surface area contributed by atoms with Crippen LogP contribution in [0.1, 0.15) is 19.8 Å². The van der Waals surface area contributed by atoms with E-state index in [0.29, 0.717) is 6.42 Å². The lowest BCUT2D eigenvalue weighted by Crippen LogP contribution is -2.25. The fraction of sp³-hybridized carbons (Fsp3) is 0.444. The van der Waals surface area contributed by atoms with E-state index in [9.17, 15) is 14.4 Å². The van der Waals surface area contributed by atoms with Crippen LogP contribution in [0.4, 0.5) is 0 Å². The van der Waals surface area contributed by atoms with Gasteiger partial charge in [-0.1, -0.05) is 6.08 Å². The first kappa shape index (κ1) is 11.6. The first-order valence-electron chi connectivity index (χ1n) is 3.98. The maximum absolute atomic E-state index is 10.9. The predicted octanol–water partition coefficient (Wildman–Crippen LogP) is 0.654. The maximum Gasteiger partial charge on any atom is 0.382 e. The Morgan fingerprint density at radius 2 is 2.00 bits per heavy atom. The molecule has 0 spiro atoms. The van der Waals surface area contributed by atoms with Gasteiger partial charge in [-0.25, -0.2) is 4.79 Å². The minimum atomic E-state index is -1.08. The summed E-state index contributed by atoms with van der Waals surface area (Å²) in [7, 11) is 0. The molecule has 0 aliphatic heterocycles. The number of esters is 1. The molecule has 0 aromatic rings. The quantitative estimate of drug-likeness (QED) is 0.263. The summed E-state index contributed by atoms with van der Waals surface area (Å²) in [6.45, 7) is 5.06. The normalized spacial score (nSPS) is 9.00. The highest BCUT2D eigenvalue weighted by Gasteiger charge is 2.22. The minimum absolute atomic E-state index is 0.0150. The minimum Gasteiger partial charge on any atom is -0.460 e. The zero-order chi connectivity index (χ0) is 10.3. The third-order valence-electron chi connectivity index (χ3n) is 1.29. The molecular formula is C9H12O4. The Hall–Kier alpha value is -1.45. The van der Waals surface area contributed by atoms with E-state index < -0.39 is 17.5 Å². The second-order valence-corrected chi connectivity index (χ2v) is 2.30. The van der Waals surface area contributed by atoms with Crippen molar-refractivity contribution in [1.29, 1.82) is 0 Å². The van der Waals surface area contributed by atoms with Crippen LogP contribution in [0.25, 0.3) is 0 Å². The van der Waals surface area contributed by atoms with Crippen molar-refractivity contribution < 1.29 is 19.1 Å². The molecule has 4 heteroatoms. The number of carbonyl (C=O) groups excluding carboxylic acids is 3. The van der Waals surface area contributed by atoms with E-state index in [2.05, 4.69) is 11.3 Å². The highest BCUT2D eigenvalue weighted by molar-refractivity contribution is 6.62. The molecule has 0 atom stereocenters. The molecule has 0 rings (SSSR count). The van der Waals surface area contributed by atoms with Gasteiger partial charge in [-0.15, -0.1) is 6.58 Å². The molecule has 0 radical (unpaired) electrons. The van der Waals surface area contributed by atoms with Crippen molar-refractivity contribution in [2.24, 2.45) is 0 Å². The number of hydrogen-bond acceptors (Lipinski definition) is 4. The average Bonchev–Trinajstić information content (AvgIpc) is 2.13. The van der Waals surface area contributed by atoms with Crippen molar-refractivity contribution in [3.8, 4) is 0 Å². The van der Waals surface area contributed by atoms with Gasteiger partial charge in [0.05, 0.1) is 6.61 Å². The number of ether oxygens (including phenoxy) is 1. The molecule has 0 saturated heterocycles. The maximum atomic E-state index is 10.9. The Balaban J connectivity index is 4.02. The van der Waals surface area contributed by atoms with Crippen LogP contribution in [0.5, 0.6) is 0 Å². The predicted molar refractivity (Wildman–Crippen MR) is 46.1 cm³/mol. The SMILES string of the molecule is C=CCCC(=O)C(=O)C(=O)OCC. The van der Waals surface area contributed by atoms with Gasteiger partial charge in [0.2, 0.25) is 5.78 Å². The lowest BCUT2D eigenvalue weighted by Gasteiger charge is -1.98. The summed E-state index contributed by atoms with van der Waals surface area (Å²) in [6.07, 6.45) is 1.92. The Morgan fingerprint density at radius 1 is 1.38 bits per heavy atom. The number of rotatable bonds is 6. The van der Waals surface area contributed by atoms with Crippen molar-refractivity contribution in [3.05, 3.63) is 12.7 Å². The fourth-order valence-corrected chi connectivity index (χ4v) is 0.657. The molecule has 0 fully saturated rings. The first-order valence-corrected chi connectivity index (χ1v) is 3.98. The van der Waals surface area contributed by atoms with E-state index >= 15 is 0 Å². The lowest BCUT2D eigenvalue weighted by molar-refractivity contribution is -0.156. The molecule has 0 N–H and O–H groups in total. The van der Waals surface area contributed by atoms with Crippen LogP contribution >= 0.6 is 0 Å². The largest absolute Gasteiger partial charge is 0.460 e. The van der Waals surface area contributed by atoms with Crippen LogP contribution < -0.4 is 0 Å². The van der Waals surface area contributed by atoms with Gasteiger partial charge in [0.25, 0.3) is 0 Å². The van der Waals surface area contributed by atoms with Crippen LogP contribution in [-0.4, -0.2) is 24.1 Å². The summed E-state index contributed by atoms with van der Waals surface area (Å²) in [5, 5.41) is 0. The van der Waals surface area contributed by atoms with Gasteiger partial charge in [-0.3, -0.25) is 9.59 Å². The van der Waals surface area contributed by atoms with Gasteiger partial charge >= 0.3 is 11.8 Å². The third kappa shape index (κ3) is 4.20. The van der Waals surface area contributed by atoms with Crippen molar-refractivity contribution in [2.45, 2.75) is 19.8 Å². The molecule has 0 heterocycles. The summed E-state index contributed by atoms with van der Waals surface area (Å²) in [6, 6.07) is 0. The molecule has 0 aliphatic carbocycles. The van der Waals surface area contributed by atoms with E-state index in [4.69, 9.17) is 0 Å². The van der Waals surface area contributed by atoms with E-state index in [0.717, 1.165) is 0 Å². The van der Waals surface area contributed by atoms with Crippen LogP contribution in [0, 0.1) is 0 Å². The molecule has 0 saturated carbocycles. The van der Waals surface area contributed by atoms with Crippen LogP contribution in [0.2, 0.25) is 0 Å². The Kier molecular flexibility index (Phi) is 5.43. The van der Waals surface area contributed by atoms with E-state index in [-0.39, 0.29) is 13.0 Å². The smallest absolute Gasteiger partial charge is 0.382 e. The van der Waals surface area contributed by atoms with Crippen molar-refractivity contribution in [1.82, 2.24) is 0 Å². The monoisotopic (exact) mass is 184 g/mol. The molecule has 0 unspecified atom stereocenters. The first-order chi connectivity index (χ1) is 6.13. The Labute approximate surface area is 76.6 Å². The lowest BCUT2D eigenvalue weighted by atomic mass is 10.1. The highest BCUT2D eigenvalue weighted by atomic mass is 16.5. The van der Waals surface area contributed by atoms with Gasteiger partial charge in [0, 0.05) is 6.42 Å². The number of hydrogen-bond donors (Lipinski definition) is 0. The van der Waals surface area contributed by atoms with Crippen LogP contribution in [0.3, 0.4) is 0 Å². The van der Waals surface area contributed by atoms with Gasteiger partial charge in [0.1, 0.15) is 0 Å². The van der Waals surface area contributed by atoms with E-state index in [1.807, 2.05) is 0 Å². The number of ketones is 2. The van der Waals surface area contributed by atoms with Gasteiger partial charge in [-0.2, -0.15) is 0 Å². The standard InChI is InChI=1S/C9H12O4/c1-3-5-6-7(10)8(11)9(12)13-4-2/h3H,1,4-6H2,2H3. The molecule has 0 aromatic carbocycles. The van der Waals surface area contributed by atoms with Gasteiger partial charge in [-0.05, 0) is 13.3 Å². The van der Waals surface area contributed by atoms with Gasteiger partial charge in [0.15, 0.2) is 0 Å². The van der Waals surface area contributed by atoms with E-state index in [1.165, 1.54) is 6.08 Å². The molecule has 4 nitrogen and oxygen atoms in total. The summed E-state index contributed by atoms with van der Waals surface area (Å²) in [5.74, 6) is -2.88. The molecular weight excluding hydrogens is 172 g/mol. The van der Waals surface area contributed by atoms with Crippen molar-refractivity contribution in [2.75, 3.05) is 6.61 Å². The fourth-order valence-electron chi connectivity index (χ4n) is 0.657. The third-order valence-corrected chi connectivity index (χ3v) is 1.29. The average molecular weight is 184 g/mol. The summed E-state index contributed by atoms with van der Waals surface area (Å²) >= 11 is 0.